The molecule has 3 N–H and O–H groups in total. The summed E-state index contributed by atoms with van der Waals surface area (Å²) in [6, 6.07) is 0. The van der Waals surface area contributed by atoms with E-state index in [0.717, 1.165) is 0 Å². The predicted molar refractivity (Wildman–Crippen MR) is 76.6 cm³/mol. The third-order valence-electron chi connectivity index (χ3n) is 3.47. The van der Waals surface area contributed by atoms with E-state index in [1.807, 2.05) is 0 Å². The number of rotatable bonds is 7. The molecule has 0 aromatic heterocycles. The van der Waals surface area contributed by atoms with Crippen molar-refractivity contribution >= 4 is 15.9 Å². The van der Waals surface area contributed by atoms with Gasteiger partial charge in [-0.2, -0.15) is 0 Å². The number of amides is 1. The summed E-state index contributed by atoms with van der Waals surface area (Å²) in [6.45, 7) is 3.29. The molecule has 0 aromatic carbocycles. The largest absolute Gasteiger partial charge is 0.383 e. The van der Waals surface area contributed by atoms with Crippen LogP contribution in [0.3, 0.4) is 0 Å². The molecule has 7 nitrogen and oxygen atoms in total. The summed E-state index contributed by atoms with van der Waals surface area (Å²) >= 11 is 0. The Morgan fingerprint density at radius 2 is 2.25 bits per heavy atom. The molecule has 2 atom stereocenters. The van der Waals surface area contributed by atoms with E-state index in [4.69, 9.17) is 10.5 Å². The van der Waals surface area contributed by atoms with Crippen molar-refractivity contribution in [2.45, 2.75) is 25.0 Å². The molecule has 0 bridgehead atoms. The summed E-state index contributed by atoms with van der Waals surface area (Å²) in [6.07, 6.45) is 1.40. The van der Waals surface area contributed by atoms with E-state index in [-0.39, 0.29) is 25.0 Å². The Kier molecular flexibility index (Phi) is 6.87. The van der Waals surface area contributed by atoms with Gasteiger partial charge in [0, 0.05) is 33.3 Å². The number of methoxy groups -OCH3 is 1. The standard InChI is InChI=1S/C12H25N3O4S/c1-10(9-19-2)20(17,18)15-7-3-4-11(8-15)12(16)14-6-5-13/h10-11H,3-9,13H2,1-2H3,(H,14,16). The van der Waals surface area contributed by atoms with Gasteiger partial charge in [-0.15, -0.1) is 0 Å². The molecule has 1 rings (SSSR count). The quantitative estimate of drug-likeness (QED) is 0.637. The molecule has 1 saturated heterocycles. The highest BCUT2D eigenvalue weighted by Gasteiger charge is 2.35. The first kappa shape index (κ1) is 17.4. The molecule has 0 aromatic rings. The molecule has 0 radical (unpaired) electrons. The van der Waals surface area contributed by atoms with Crippen LogP contribution in [-0.2, 0) is 19.6 Å². The third-order valence-corrected chi connectivity index (χ3v) is 5.67. The maximum absolute atomic E-state index is 12.4. The molecule has 1 aliphatic heterocycles. The number of carbonyl (C=O) groups is 1. The SMILES string of the molecule is COCC(C)S(=O)(=O)N1CCCC(C(=O)NCCN)C1. The molecule has 1 heterocycles. The fourth-order valence-corrected chi connectivity index (χ4v) is 3.89. The Hall–Kier alpha value is -0.700. The fourth-order valence-electron chi connectivity index (χ4n) is 2.30. The van der Waals surface area contributed by atoms with Gasteiger partial charge in [-0.05, 0) is 19.8 Å². The molecule has 1 amide bonds. The van der Waals surface area contributed by atoms with Crippen molar-refractivity contribution in [3.63, 3.8) is 0 Å². The van der Waals surface area contributed by atoms with Crippen LogP contribution in [0.2, 0.25) is 0 Å². The molecule has 0 spiro atoms. The maximum atomic E-state index is 12.4. The van der Waals surface area contributed by atoms with Crippen molar-refractivity contribution in [1.82, 2.24) is 9.62 Å². The van der Waals surface area contributed by atoms with Crippen LogP contribution in [0, 0.1) is 5.92 Å². The van der Waals surface area contributed by atoms with Crippen LogP contribution in [0.5, 0.6) is 0 Å². The second kappa shape index (κ2) is 7.92. The summed E-state index contributed by atoms with van der Waals surface area (Å²) in [5.41, 5.74) is 5.34. The number of carbonyl (C=O) groups excluding carboxylic acids is 1. The zero-order valence-corrected chi connectivity index (χ0v) is 13.0. The number of hydrogen-bond donors (Lipinski definition) is 2. The van der Waals surface area contributed by atoms with E-state index in [1.165, 1.54) is 11.4 Å². The van der Waals surface area contributed by atoms with E-state index < -0.39 is 15.3 Å². The van der Waals surface area contributed by atoms with Gasteiger partial charge in [-0.3, -0.25) is 4.79 Å². The summed E-state index contributed by atoms with van der Waals surface area (Å²) in [5.74, 6) is -0.408. The average molecular weight is 307 g/mol. The van der Waals surface area contributed by atoms with E-state index in [2.05, 4.69) is 5.32 Å². The van der Waals surface area contributed by atoms with Crippen molar-refractivity contribution in [1.29, 1.82) is 0 Å². The Labute approximate surface area is 120 Å². The zero-order valence-electron chi connectivity index (χ0n) is 12.2. The topological polar surface area (TPSA) is 102 Å². The van der Waals surface area contributed by atoms with Crippen molar-refractivity contribution in [3.8, 4) is 0 Å². The van der Waals surface area contributed by atoms with Gasteiger partial charge < -0.3 is 15.8 Å². The minimum absolute atomic E-state index is 0.116. The normalized spacial score (nSPS) is 22.4. The molecule has 2 unspecified atom stereocenters. The lowest BCUT2D eigenvalue weighted by Crippen LogP contribution is -2.48. The minimum atomic E-state index is -3.41. The first-order chi connectivity index (χ1) is 9.43. The second-order valence-corrected chi connectivity index (χ2v) is 7.44. The van der Waals surface area contributed by atoms with Gasteiger partial charge in [-0.1, -0.05) is 0 Å². The van der Waals surface area contributed by atoms with Gasteiger partial charge in [0.25, 0.3) is 0 Å². The Bertz CT molecular complexity index is 413. The van der Waals surface area contributed by atoms with Crippen molar-refractivity contribution in [2.75, 3.05) is 39.9 Å². The van der Waals surface area contributed by atoms with Gasteiger partial charge in [0.2, 0.25) is 15.9 Å². The smallest absolute Gasteiger partial charge is 0.224 e. The third kappa shape index (κ3) is 4.41. The number of ether oxygens (including phenoxy) is 1. The maximum Gasteiger partial charge on any atom is 0.224 e. The van der Waals surface area contributed by atoms with Gasteiger partial charge in [-0.25, -0.2) is 12.7 Å². The summed E-state index contributed by atoms with van der Waals surface area (Å²) in [4.78, 5) is 11.9. The van der Waals surface area contributed by atoms with Crippen molar-refractivity contribution in [2.24, 2.45) is 11.7 Å². The number of nitrogens with two attached hydrogens (primary N) is 1. The van der Waals surface area contributed by atoms with Gasteiger partial charge in [0.1, 0.15) is 0 Å². The van der Waals surface area contributed by atoms with Crippen LogP contribution in [0.15, 0.2) is 0 Å². The minimum Gasteiger partial charge on any atom is -0.383 e. The molecule has 0 saturated carbocycles. The van der Waals surface area contributed by atoms with Gasteiger partial charge in [0.15, 0.2) is 0 Å². The van der Waals surface area contributed by atoms with Crippen LogP contribution >= 0.6 is 0 Å². The van der Waals surface area contributed by atoms with Crippen LogP contribution < -0.4 is 11.1 Å². The molecule has 1 fully saturated rings. The lowest BCUT2D eigenvalue weighted by molar-refractivity contribution is -0.126. The lowest BCUT2D eigenvalue weighted by Gasteiger charge is -2.32. The molecule has 8 heteroatoms. The van der Waals surface area contributed by atoms with Crippen LogP contribution in [0.1, 0.15) is 19.8 Å². The Balaban J connectivity index is 2.66. The van der Waals surface area contributed by atoms with Gasteiger partial charge in [0.05, 0.1) is 17.8 Å². The van der Waals surface area contributed by atoms with Crippen molar-refractivity contribution < 1.29 is 17.9 Å². The summed E-state index contributed by atoms with van der Waals surface area (Å²) in [7, 11) is -1.93. The van der Waals surface area contributed by atoms with E-state index in [0.29, 0.717) is 32.5 Å². The van der Waals surface area contributed by atoms with E-state index in [9.17, 15) is 13.2 Å². The molecule has 20 heavy (non-hydrogen) atoms. The number of sulfonamides is 1. The zero-order chi connectivity index (χ0) is 15.2. The fraction of sp³-hybridized carbons (Fsp3) is 0.917. The highest BCUT2D eigenvalue weighted by atomic mass is 32.2. The first-order valence-electron chi connectivity index (χ1n) is 6.89. The first-order valence-corrected chi connectivity index (χ1v) is 8.39. The second-order valence-electron chi connectivity index (χ2n) is 5.09. The molecular weight excluding hydrogens is 282 g/mol. The monoisotopic (exact) mass is 307 g/mol. The van der Waals surface area contributed by atoms with Crippen LogP contribution in [-0.4, -0.2) is 63.8 Å². The van der Waals surface area contributed by atoms with Crippen LogP contribution in [0.4, 0.5) is 0 Å². The van der Waals surface area contributed by atoms with Crippen molar-refractivity contribution in [3.05, 3.63) is 0 Å². The van der Waals surface area contributed by atoms with Gasteiger partial charge >= 0.3 is 0 Å². The molecular formula is C12H25N3O4S. The molecule has 0 aliphatic carbocycles. The number of hydrogen-bond acceptors (Lipinski definition) is 5. The summed E-state index contributed by atoms with van der Waals surface area (Å²) in [5, 5.41) is 2.12. The highest BCUT2D eigenvalue weighted by molar-refractivity contribution is 7.89. The Morgan fingerprint density at radius 3 is 2.85 bits per heavy atom. The predicted octanol–water partition coefficient (Wildman–Crippen LogP) is -0.862. The number of nitrogens with zero attached hydrogens (tertiary/aromatic N) is 1. The number of nitrogens with one attached hydrogen (secondary N) is 1. The molecule has 118 valence electrons. The highest BCUT2D eigenvalue weighted by Crippen LogP contribution is 2.21. The van der Waals surface area contributed by atoms with E-state index >= 15 is 0 Å². The molecule has 1 aliphatic rings. The van der Waals surface area contributed by atoms with E-state index in [1.54, 1.807) is 6.92 Å². The van der Waals surface area contributed by atoms with Crippen LogP contribution in [0.25, 0.3) is 0 Å². The average Bonchev–Trinajstić information content (AvgIpc) is 2.45. The number of piperidine rings is 1. The Morgan fingerprint density at radius 1 is 1.55 bits per heavy atom. The summed E-state index contributed by atoms with van der Waals surface area (Å²) < 4.78 is 31.0. The lowest BCUT2D eigenvalue weighted by atomic mass is 9.99.